The molecule has 1 aliphatic rings. The molecule has 1 aromatic heterocycles. The number of ketones is 1. The van der Waals surface area contributed by atoms with Crippen LogP contribution in [-0.4, -0.2) is 107 Å². The van der Waals surface area contributed by atoms with Gasteiger partial charge in [-0.3, -0.25) is 19.2 Å². The first-order valence-corrected chi connectivity index (χ1v) is 20.7. The van der Waals surface area contributed by atoms with Gasteiger partial charge < -0.3 is 55.7 Å². The molecule has 0 saturated carbocycles. The highest BCUT2D eigenvalue weighted by Gasteiger charge is 2.38. The van der Waals surface area contributed by atoms with Crippen molar-refractivity contribution >= 4 is 64.6 Å². The number of aryl methyl sites for hydroxylation is 1. The molecule has 0 spiro atoms. The number of amides is 5. The number of hydrogen-bond acceptors (Lipinski definition) is 11. The molecule has 0 aliphatic carbocycles. The predicted molar refractivity (Wildman–Crippen MR) is 233 cm³/mol. The lowest BCUT2D eigenvalue weighted by Crippen LogP contribution is -2.49. The summed E-state index contributed by atoms with van der Waals surface area (Å²) in [6.07, 6.45) is -7.86. The number of Topliss-reactive ketones (excluding diaryl/α,β-unsaturated/α-hetero) is 1. The summed E-state index contributed by atoms with van der Waals surface area (Å²) in [5.41, 5.74) is 5.74. The van der Waals surface area contributed by atoms with E-state index in [1.54, 1.807) is 58.9 Å². The van der Waals surface area contributed by atoms with Gasteiger partial charge in [-0.25, -0.2) is 23.6 Å². The summed E-state index contributed by atoms with van der Waals surface area (Å²) in [7, 11) is 0. The normalized spacial score (nSPS) is 13.3. The van der Waals surface area contributed by atoms with Crippen LogP contribution in [0, 0.1) is 11.7 Å². The van der Waals surface area contributed by atoms with Crippen molar-refractivity contribution in [3.8, 4) is 0 Å². The molecule has 4 aromatic rings. The second-order valence-electron chi connectivity index (χ2n) is 15.0. The highest BCUT2D eigenvalue weighted by Crippen LogP contribution is 2.28. The summed E-state index contributed by atoms with van der Waals surface area (Å²) in [5.74, 6) is -5.11. The number of aromatic carboxylic acids is 1. The molecule has 1 fully saturated rings. The van der Waals surface area contributed by atoms with Gasteiger partial charge in [-0.1, -0.05) is 42.5 Å². The van der Waals surface area contributed by atoms with Crippen LogP contribution in [0.5, 0.6) is 0 Å². The summed E-state index contributed by atoms with van der Waals surface area (Å²) < 4.78 is 68.0. The molecule has 23 heteroatoms. The number of primary amides is 1. The second kappa shape index (κ2) is 24.5. The van der Waals surface area contributed by atoms with E-state index in [-0.39, 0.29) is 82.0 Å². The zero-order valence-electron chi connectivity index (χ0n) is 36.1. The number of nitrogens with two attached hydrogens (primary N) is 1. The molecule has 3 aromatic carbocycles. The molecule has 2 atom stereocenters. The third-order valence-electron chi connectivity index (χ3n) is 10.4. The molecule has 1 aliphatic heterocycles. The Morgan fingerprint density at radius 1 is 0.925 bits per heavy atom. The minimum atomic E-state index is -4.86. The lowest BCUT2D eigenvalue weighted by molar-refractivity contribution is -0.148. The maximum atomic E-state index is 15.3. The van der Waals surface area contributed by atoms with E-state index in [9.17, 15) is 51.8 Å². The van der Waals surface area contributed by atoms with Crippen molar-refractivity contribution in [3.05, 3.63) is 106 Å². The molecule has 7 N–H and O–H groups in total. The average Bonchev–Trinajstić information content (AvgIpc) is 3.28. The van der Waals surface area contributed by atoms with Gasteiger partial charge in [0.05, 0.1) is 23.7 Å². The van der Waals surface area contributed by atoms with Gasteiger partial charge in [-0.05, 0) is 55.2 Å². The van der Waals surface area contributed by atoms with Crippen LogP contribution in [0.2, 0.25) is 0 Å². The van der Waals surface area contributed by atoms with E-state index >= 15 is 4.39 Å². The summed E-state index contributed by atoms with van der Waals surface area (Å²) in [6.45, 7) is 2.23. The number of benzene rings is 3. The largest absolute Gasteiger partial charge is 0.483 e. The van der Waals surface area contributed by atoms with Crippen molar-refractivity contribution in [2.75, 3.05) is 42.9 Å². The predicted octanol–water partition coefficient (Wildman–Crippen LogP) is 5.23. The number of nitrogens with one attached hydrogen (secondary N) is 3. The van der Waals surface area contributed by atoms with Gasteiger partial charge in [0.25, 0.3) is 6.47 Å². The number of piperazine rings is 1. The summed E-state index contributed by atoms with van der Waals surface area (Å²) in [5, 5.41) is 23.2. The fraction of sp³-hybridized carbons (Fsp3) is 0.364. The average molecular weight is 944 g/mol. The molecule has 0 radical (unpaired) electrons. The first-order chi connectivity index (χ1) is 31.8. The Kier molecular flexibility index (Phi) is 19.0. The van der Waals surface area contributed by atoms with Crippen molar-refractivity contribution in [2.45, 2.75) is 64.6 Å². The van der Waals surface area contributed by atoms with Crippen molar-refractivity contribution in [1.29, 1.82) is 0 Å². The summed E-state index contributed by atoms with van der Waals surface area (Å²) >= 11 is 0. The number of carbonyl (C=O) groups is 7. The van der Waals surface area contributed by atoms with E-state index in [2.05, 4.69) is 10.6 Å². The number of carboxylic acid groups (broad SMARTS) is 2. The van der Waals surface area contributed by atoms with Crippen LogP contribution in [0.4, 0.5) is 43.3 Å². The van der Waals surface area contributed by atoms with Gasteiger partial charge >= 0.3 is 30.4 Å². The van der Waals surface area contributed by atoms with Crippen LogP contribution < -0.4 is 32.0 Å². The number of carbonyl (C=O) groups excluding carboxylic acids is 5. The van der Waals surface area contributed by atoms with Crippen LogP contribution in [0.15, 0.2) is 77.7 Å². The van der Waals surface area contributed by atoms with Crippen LogP contribution in [0.1, 0.15) is 54.1 Å². The SMILES string of the molecule is CCn1cc(C(=O)O)c(=O)c2cc(F)c(N3CCN(C(=O)OCc4ccc(NC(=O)[C@H](CCCNC(N)=O)CC(=O)[C@@H](CC(F)(F)F)NC(=O)OCc5ccccc5)cc4)CC3)cc21.O=CO. The molecular weight excluding hydrogens is 895 g/mol. The molecule has 67 heavy (non-hydrogen) atoms. The lowest BCUT2D eigenvalue weighted by Gasteiger charge is -2.35. The fourth-order valence-electron chi connectivity index (χ4n) is 7.01. The van der Waals surface area contributed by atoms with Crippen LogP contribution in [-0.2, 0) is 43.6 Å². The Labute approximate surface area is 379 Å². The number of carboxylic acids is 1. The molecule has 1 saturated heterocycles. The van der Waals surface area contributed by atoms with Crippen molar-refractivity contribution < 1.29 is 70.8 Å². The topological polar surface area (TPSA) is 269 Å². The summed E-state index contributed by atoms with van der Waals surface area (Å²) in [4.78, 5) is 99.2. The molecule has 0 unspecified atom stereocenters. The minimum Gasteiger partial charge on any atom is -0.483 e. The minimum absolute atomic E-state index is 0.0108. The molecule has 5 amide bonds. The number of rotatable bonds is 18. The monoisotopic (exact) mass is 943 g/mol. The molecule has 5 rings (SSSR count). The number of ether oxygens (including phenoxy) is 2. The Hall–Kier alpha value is -7.72. The smallest absolute Gasteiger partial charge is 0.410 e. The van der Waals surface area contributed by atoms with E-state index < -0.39 is 83.7 Å². The maximum absolute atomic E-state index is 15.3. The van der Waals surface area contributed by atoms with Crippen LogP contribution >= 0.6 is 0 Å². The third kappa shape index (κ3) is 15.7. The molecule has 19 nitrogen and oxygen atoms in total. The lowest BCUT2D eigenvalue weighted by atomic mass is 9.92. The first kappa shape index (κ1) is 51.9. The van der Waals surface area contributed by atoms with Crippen LogP contribution in [0.25, 0.3) is 10.9 Å². The molecular formula is C44H49F4N7O12. The first-order valence-electron chi connectivity index (χ1n) is 20.7. The fourth-order valence-corrected chi connectivity index (χ4v) is 7.01. The van der Waals surface area contributed by atoms with Crippen LogP contribution in [0.3, 0.4) is 0 Å². The zero-order valence-corrected chi connectivity index (χ0v) is 36.1. The number of hydrogen-bond donors (Lipinski definition) is 6. The quantitative estimate of drug-likeness (QED) is 0.0425. The highest BCUT2D eigenvalue weighted by atomic mass is 19.4. The summed E-state index contributed by atoms with van der Waals surface area (Å²) in [6, 6.07) is 14.0. The molecule has 0 bridgehead atoms. The standard InChI is InChI=1S/C43H47F4N7O10.CH2O2/c1-2-52-23-31(39(58)59)37(56)30-20-32(44)35(21-34(30)52)53-15-17-54(18-16-53)42(62)64-25-27-10-12-29(13-11-27)50-38(57)28(9-6-14-49-40(48)60)19-36(55)33(22-43(45,46)47)51-41(61)63-24-26-7-4-3-5-8-26;2-1-3/h3-5,7-8,10-13,20-21,23,28,33H,2,6,9,14-19,22,24-25H2,1H3,(H,50,57)(H,51,61)(H,58,59)(H3,48,49,60);1H,(H,2,3)/t28-,33-;/m1./s1. The zero-order chi connectivity index (χ0) is 49.3. The number of alkyl halides is 3. The number of fused-ring (bicyclic) bond motifs is 1. The maximum Gasteiger partial charge on any atom is 0.410 e. The van der Waals surface area contributed by atoms with Gasteiger partial charge in [0.15, 0.2) is 5.78 Å². The van der Waals surface area contributed by atoms with Crippen molar-refractivity contribution in [3.63, 3.8) is 0 Å². The van der Waals surface area contributed by atoms with Crippen molar-refractivity contribution in [1.82, 2.24) is 20.1 Å². The van der Waals surface area contributed by atoms with Gasteiger partial charge in [0.2, 0.25) is 11.3 Å². The Morgan fingerprint density at radius 2 is 1.55 bits per heavy atom. The third-order valence-corrected chi connectivity index (χ3v) is 10.4. The van der Waals surface area contributed by atoms with Gasteiger partial charge in [-0.15, -0.1) is 0 Å². The number of halogens is 4. The van der Waals surface area contributed by atoms with E-state index in [4.69, 9.17) is 25.1 Å². The van der Waals surface area contributed by atoms with E-state index in [0.717, 1.165) is 6.07 Å². The Bertz CT molecular complexity index is 2450. The van der Waals surface area contributed by atoms with E-state index in [1.165, 1.54) is 29.3 Å². The molecule has 360 valence electrons. The number of anilines is 2. The van der Waals surface area contributed by atoms with Gasteiger partial charge in [-0.2, -0.15) is 13.2 Å². The number of urea groups is 1. The Morgan fingerprint density at radius 3 is 2.15 bits per heavy atom. The van der Waals surface area contributed by atoms with E-state index in [1.807, 2.05) is 5.32 Å². The highest BCUT2D eigenvalue weighted by molar-refractivity contribution is 5.97. The second-order valence-corrected chi connectivity index (χ2v) is 15.0. The Balaban J connectivity index is 0.00000318. The number of nitrogens with zero attached hydrogens (tertiary/aromatic N) is 3. The van der Waals surface area contributed by atoms with Gasteiger partial charge in [0.1, 0.15) is 24.6 Å². The van der Waals surface area contributed by atoms with E-state index in [0.29, 0.717) is 23.2 Å². The molecule has 2 heterocycles. The van der Waals surface area contributed by atoms with Crippen molar-refractivity contribution in [2.24, 2.45) is 11.7 Å². The van der Waals surface area contributed by atoms with Gasteiger partial charge in [0, 0.05) is 68.9 Å². The number of alkyl carbamates (subject to hydrolysis) is 1. The number of aromatic nitrogens is 1. The number of pyridine rings is 1.